The average Bonchev–Trinajstić information content (AvgIpc) is 3.23. The zero-order chi connectivity index (χ0) is 19.1. The fourth-order valence-corrected chi connectivity index (χ4v) is 2.81. The number of hydrogen-bond donors (Lipinski definition) is 1. The van der Waals surface area contributed by atoms with Crippen LogP contribution in [0.15, 0.2) is 71.2 Å². The molecule has 0 aliphatic heterocycles. The zero-order valence-electron chi connectivity index (χ0n) is 14.4. The maximum atomic E-state index is 12.2. The van der Waals surface area contributed by atoms with Crippen molar-refractivity contribution >= 4 is 35.1 Å². The molecule has 1 aromatic heterocycles. The number of thiophene rings is 1. The van der Waals surface area contributed by atoms with Crippen molar-refractivity contribution < 1.29 is 19.2 Å². The summed E-state index contributed by atoms with van der Waals surface area (Å²) in [5.41, 5.74) is 1.84. The first-order chi connectivity index (χ1) is 13.2. The Morgan fingerprint density at radius 2 is 1.78 bits per heavy atom. The van der Waals surface area contributed by atoms with E-state index in [0.717, 1.165) is 5.56 Å². The summed E-state index contributed by atoms with van der Waals surface area (Å²) >= 11 is 1.37. The highest BCUT2D eigenvalue weighted by molar-refractivity contribution is 7.12. The van der Waals surface area contributed by atoms with Crippen molar-refractivity contribution in [1.29, 1.82) is 0 Å². The number of nitrogens with one attached hydrogen (secondary N) is 1. The predicted molar refractivity (Wildman–Crippen MR) is 105 cm³/mol. The largest absolute Gasteiger partial charge is 0.423 e. The van der Waals surface area contributed by atoms with Crippen LogP contribution >= 0.6 is 11.3 Å². The Kier molecular flexibility index (Phi) is 5.96. The highest BCUT2D eigenvalue weighted by atomic mass is 32.1. The van der Waals surface area contributed by atoms with E-state index in [1.807, 2.05) is 11.4 Å². The van der Waals surface area contributed by atoms with Gasteiger partial charge in [0.1, 0.15) is 12.9 Å². The molecule has 2 aromatic carbocycles. The Balaban J connectivity index is 1.59. The number of ether oxygens (including phenoxy) is 1. The number of carbonyl (C=O) groups is 2. The summed E-state index contributed by atoms with van der Waals surface area (Å²) in [5.74, 6) is -0.258. The van der Waals surface area contributed by atoms with Crippen LogP contribution in [0.2, 0.25) is 0 Å². The Labute approximate surface area is 160 Å². The molecule has 0 atom stereocenters. The lowest BCUT2D eigenvalue weighted by atomic mass is 10.1. The predicted octanol–water partition coefficient (Wildman–Crippen LogP) is 4.20. The zero-order valence-corrected chi connectivity index (χ0v) is 15.2. The molecule has 136 valence electrons. The van der Waals surface area contributed by atoms with Crippen molar-refractivity contribution in [2.45, 2.75) is 0 Å². The molecule has 3 aromatic rings. The Morgan fingerprint density at radius 1 is 1.04 bits per heavy atom. The molecule has 3 rings (SSSR count). The van der Waals surface area contributed by atoms with Gasteiger partial charge in [-0.3, -0.25) is 4.79 Å². The third kappa shape index (κ3) is 5.02. The summed E-state index contributed by atoms with van der Waals surface area (Å²) in [6, 6.07) is 17.0. The van der Waals surface area contributed by atoms with Gasteiger partial charge in [-0.15, -0.1) is 11.3 Å². The topological polar surface area (TPSA) is 77.0 Å². The van der Waals surface area contributed by atoms with Gasteiger partial charge in [-0.2, -0.15) is 0 Å². The molecule has 0 bridgehead atoms. The maximum absolute atomic E-state index is 12.2. The number of carbonyl (C=O) groups excluding carboxylic acids is 2. The first kappa shape index (κ1) is 18.3. The van der Waals surface area contributed by atoms with E-state index in [1.165, 1.54) is 18.4 Å². The SMILES string of the molecule is CO/N=C/c1ccc(C(=O)Oc2ccc(NC(=O)c3cccs3)cc2)cc1. The lowest BCUT2D eigenvalue weighted by Gasteiger charge is -2.07. The van der Waals surface area contributed by atoms with E-state index in [0.29, 0.717) is 21.9 Å². The van der Waals surface area contributed by atoms with E-state index >= 15 is 0 Å². The second-order valence-corrected chi connectivity index (χ2v) is 6.33. The quantitative estimate of drug-likeness (QED) is 0.301. The summed E-state index contributed by atoms with van der Waals surface area (Å²) in [6.07, 6.45) is 1.54. The van der Waals surface area contributed by atoms with Crippen molar-refractivity contribution in [1.82, 2.24) is 0 Å². The minimum Gasteiger partial charge on any atom is -0.423 e. The normalized spacial score (nSPS) is 10.6. The molecule has 0 radical (unpaired) electrons. The van der Waals surface area contributed by atoms with Crippen LogP contribution in [0.1, 0.15) is 25.6 Å². The summed E-state index contributed by atoms with van der Waals surface area (Å²) in [7, 11) is 1.46. The molecule has 0 aliphatic rings. The monoisotopic (exact) mass is 380 g/mol. The van der Waals surface area contributed by atoms with Gasteiger partial charge in [0, 0.05) is 5.69 Å². The lowest BCUT2D eigenvalue weighted by molar-refractivity contribution is 0.0734. The smallest absolute Gasteiger partial charge is 0.343 e. The molecule has 0 aliphatic carbocycles. The van der Waals surface area contributed by atoms with Gasteiger partial charge >= 0.3 is 5.97 Å². The van der Waals surface area contributed by atoms with Crippen molar-refractivity contribution in [2.24, 2.45) is 5.16 Å². The first-order valence-electron chi connectivity index (χ1n) is 7.99. The highest BCUT2D eigenvalue weighted by Gasteiger charge is 2.10. The Hall–Kier alpha value is -3.45. The van der Waals surface area contributed by atoms with Gasteiger partial charge in [-0.1, -0.05) is 23.4 Å². The second-order valence-electron chi connectivity index (χ2n) is 5.38. The van der Waals surface area contributed by atoms with Crippen molar-refractivity contribution in [3.63, 3.8) is 0 Å². The van der Waals surface area contributed by atoms with Gasteiger partial charge in [0.2, 0.25) is 0 Å². The Bertz CT molecular complexity index is 933. The van der Waals surface area contributed by atoms with Crippen molar-refractivity contribution in [3.8, 4) is 5.75 Å². The molecule has 1 amide bonds. The number of hydrogen-bond acceptors (Lipinski definition) is 6. The number of amides is 1. The van der Waals surface area contributed by atoms with E-state index in [4.69, 9.17) is 4.74 Å². The lowest BCUT2D eigenvalue weighted by Crippen LogP contribution is -2.10. The summed E-state index contributed by atoms with van der Waals surface area (Å²) < 4.78 is 5.35. The second kappa shape index (κ2) is 8.77. The van der Waals surface area contributed by atoms with Gasteiger partial charge in [0.25, 0.3) is 5.91 Å². The van der Waals surface area contributed by atoms with Crippen LogP contribution in [0.25, 0.3) is 0 Å². The molecule has 1 N–H and O–H groups in total. The van der Waals surface area contributed by atoms with E-state index in [9.17, 15) is 9.59 Å². The number of oxime groups is 1. The van der Waals surface area contributed by atoms with Gasteiger partial charge in [-0.05, 0) is 53.4 Å². The van der Waals surface area contributed by atoms with Gasteiger partial charge in [-0.25, -0.2) is 4.79 Å². The molecule has 6 nitrogen and oxygen atoms in total. The van der Waals surface area contributed by atoms with Crippen LogP contribution in [0.5, 0.6) is 5.75 Å². The summed E-state index contributed by atoms with van der Waals surface area (Å²) in [6.45, 7) is 0. The van der Waals surface area contributed by atoms with Crippen molar-refractivity contribution in [3.05, 3.63) is 82.0 Å². The van der Waals surface area contributed by atoms with Gasteiger partial charge in [0.15, 0.2) is 0 Å². The van der Waals surface area contributed by atoms with E-state index in [-0.39, 0.29) is 5.91 Å². The minimum atomic E-state index is -0.472. The third-order valence-corrected chi connectivity index (χ3v) is 4.39. The fraction of sp³-hybridized carbons (Fsp3) is 0.0500. The summed E-state index contributed by atoms with van der Waals surface area (Å²) in [5, 5.41) is 8.29. The van der Waals surface area contributed by atoms with E-state index in [2.05, 4.69) is 15.3 Å². The molecule has 27 heavy (non-hydrogen) atoms. The van der Waals surface area contributed by atoms with E-state index < -0.39 is 5.97 Å². The van der Waals surface area contributed by atoms with E-state index in [1.54, 1.807) is 60.8 Å². The highest BCUT2D eigenvalue weighted by Crippen LogP contribution is 2.19. The molecule has 0 fully saturated rings. The summed E-state index contributed by atoms with van der Waals surface area (Å²) in [4.78, 5) is 29.5. The molecule has 0 saturated carbocycles. The van der Waals surface area contributed by atoms with Crippen LogP contribution in [-0.2, 0) is 4.84 Å². The van der Waals surface area contributed by atoms with Crippen molar-refractivity contribution in [2.75, 3.05) is 12.4 Å². The molecular formula is C20H16N2O4S. The number of nitrogens with zero attached hydrogens (tertiary/aromatic N) is 1. The molecular weight excluding hydrogens is 364 g/mol. The Morgan fingerprint density at radius 3 is 2.41 bits per heavy atom. The standard InChI is InChI=1S/C20H16N2O4S/c1-25-21-13-14-4-6-15(7-5-14)20(24)26-17-10-8-16(9-11-17)22-19(23)18-3-2-12-27-18/h2-13H,1H3,(H,22,23)/b21-13+. The number of rotatable bonds is 6. The minimum absolute atomic E-state index is 0.174. The number of esters is 1. The van der Waals surface area contributed by atoms with Gasteiger partial charge < -0.3 is 14.9 Å². The molecule has 0 saturated heterocycles. The molecule has 1 heterocycles. The van der Waals surface area contributed by atoms with Crippen LogP contribution in [0.4, 0.5) is 5.69 Å². The molecule has 0 unspecified atom stereocenters. The van der Waals surface area contributed by atoms with Crippen LogP contribution in [0, 0.1) is 0 Å². The third-order valence-electron chi connectivity index (χ3n) is 3.52. The van der Waals surface area contributed by atoms with Crippen LogP contribution in [-0.4, -0.2) is 25.2 Å². The average molecular weight is 380 g/mol. The van der Waals surface area contributed by atoms with Gasteiger partial charge in [0.05, 0.1) is 16.7 Å². The van der Waals surface area contributed by atoms with Crippen LogP contribution in [0.3, 0.4) is 0 Å². The number of benzene rings is 2. The molecule has 7 heteroatoms. The molecule has 0 spiro atoms. The number of anilines is 1. The maximum Gasteiger partial charge on any atom is 0.343 e. The fourth-order valence-electron chi connectivity index (χ4n) is 2.19. The van der Waals surface area contributed by atoms with Crippen LogP contribution < -0.4 is 10.1 Å². The first-order valence-corrected chi connectivity index (χ1v) is 8.87.